The fourth-order valence-electron chi connectivity index (χ4n) is 3.65. The standard InChI is InChI=1S/C14H19N/c1-2-14-12(7-5-9-15-14)10-11-6-3-4-8-13(11)14/h3-4,6,8,12,15H,2,5,7,9-10H2,1H3/t12-,14-/m1/s1. The third kappa shape index (κ3) is 1.19. The summed E-state index contributed by atoms with van der Waals surface area (Å²) >= 11 is 0. The summed E-state index contributed by atoms with van der Waals surface area (Å²) < 4.78 is 0. The summed E-state index contributed by atoms with van der Waals surface area (Å²) in [5, 5.41) is 3.80. The van der Waals surface area contributed by atoms with Crippen molar-refractivity contribution in [3.63, 3.8) is 0 Å². The lowest BCUT2D eigenvalue weighted by Gasteiger charge is -2.41. The highest BCUT2D eigenvalue weighted by atomic mass is 15.0. The molecule has 1 fully saturated rings. The van der Waals surface area contributed by atoms with Gasteiger partial charge in [0.1, 0.15) is 0 Å². The normalized spacial score (nSPS) is 33.5. The van der Waals surface area contributed by atoms with Crippen LogP contribution in [0.15, 0.2) is 24.3 Å². The van der Waals surface area contributed by atoms with E-state index in [1.165, 1.54) is 32.2 Å². The summed E-state index contributed by atoms with van der Waals surface area (Å²) in [5.41, 5.74) is 3.48. The first-order chi connectivity index (χ1) is 7.37. The highest BCUT2D eigenvalue weighted by Gasteiger charge is 2.45. The molecule has 0 amide bonds. The molecule has 0 bridgehead atoms. The molecule has 2 aliphatic rings. The minimum atomic E-state index is 0.314. The summed E-state index contributed by atoms with van der Waals surface area (Å²) in [5.74, 6) is 0.841. The maximum Gasteiger partial charge on any atom is 0.0466 e. The Morgan fingerprint density at radius 2 is 2.27 bits per heavy atom. The van der Waals surface area contributed by atoms with Gasteiger partial charge in [-0.05, 0) is 49.3 Å². The summed E-state index contributed by atoms with van der Waals surface area (Å²) in [4.78, 5) is 0. The third-order valence-electron chi connectivity index (χ3n) is 4.39. The van der Waals surface area contributed by atoms with Crippen molar-refractivity contribution in [1.29, 1.82) is 0 Å². The molecule has 1 aromatic carbocycles. The lowest BCUT2D eigenvalue weighted by molar-refractivity contribution is 0.170. The molecule has 15 heavy (non-hydrogen) atoms. The molecular formula is C14H19N. The molecule has 1 aliphatic heterocycles. The first-order valence-electron chi connectivity index (χ1n) is 6.20. The molecule has 80 valence electrons. The molecule has 3 rings (SSSR count). The minimum Gasteiger partial charge on any atom is -0.307 e. The highest BCUT2D eigenvalue weighted by molar-refractivity contribution is 5.40. The van der Waals surface area contributed by atoms with Gasteiger partial charge in [-0.15, -0.1) is 0 Å². The van der Waals surface area contributed by atoms with E-state index in [2.05, 4.69) is 36.5 Å². The van der Waals surface area contributed by atoms with Gasteiger partial charge in [-0.1, -0.05) is 31.2 Å². The van der Waals surface area contributed by atoms with E-state index in [1.807, 2.05) is 0 Å². The van der Waals surface area contributed by atoms with Crippen LogP contribution in [0.3, 0.4) is 0 Å². The number of nitrogens with one attached hydrogen (secondary N) is 1. The molecule has 0 radical (unpaired) electrons. The van der Waals surface area contributed by atoms with Gasteiger partial charge in [0.15, 0.2) is 0 Å². The second kappa shape index (κ2) is 3.34. The average molecular weight is 201 g/mol. The smallest absolute Gasteiger partial charge is 0.0466 e. The Kier molecular flexibility index (Phi) is 2.10. The first kappa shape index (κ1) is 9.41. The molecule has 1 heterocycles. The highest BCUT2D eigenvalue weighted by Crippen LogP contribution is 2.47. The van der Waals surface area contributed by atoms with Crippen LogP contribution < -0.4 is 5.32 Å². The molecule has 0 unspecified atom stereocenters. The topological polar surface area (TPSA) is 12.0 Å². The van der Waals surface area contributed by atoms with Gasteiger partial charge in [-0.2, -0.15) is 0 Å². The molecule has 0 saturated carbocycles. The molecule has 1 heteroatoms. The third-order valence-corrected chi connectivity index (χ3v) is 4.39. The maximum absolute atomic E-state index is 3.80. The molecule has 0 aromatic heterocycles. The van der Waals surface area contributed by atoms with Gasteiger partial charge in [-0.3, -0.25) is 0 Å². The molecule has 1 N–H and O–H groups in total. The zero-order valence-corrected chi connectivity index (χ0v) is 9.42. The summed E-state index contributed by atoms with van der Waals surface area (Å²) in [7, 11) is 0. The van der Waals surface area contributed by atoms with E-state index in [0.29, 0.717) is 5.54 Å². The Bertz CT molecular complexity index is 371. The molecule has 1 nitrogen and oxygen atoms in total. The van der Waals surface area contributed by atoms with Crippen LogP contribution in [-0.2, 0) is 12.0 Å². The van der Waals surface area contributed by atoms with E-state index >= 15 is 0 Å². The molecule has 0 spiro atoms. The maximum atomic E-state index is 3.80. The second-order valence-electron chi connectivity index (χ2n) is 4.95. The van der Waals surface area contributed by atoms with Gasteiger partial charge in [-0.25, -0.2) is 0 Å². The van der Waals surface area contributed by atoms with Gasteiger partial charge < -0.3 is 5.32 Å². The zero-order chi connectivity index (χ0) is 10.3. The number of rotatable bonds is 1. The van der Waals surface area contributed by atoms with Crippen LogP contribution >= 0.6 is 0 Å². The Hall–Kier alpha value is -0.820. The van der Waals surface area contributed by atoms with Gasteiger partial charge in [0, 0.05) is 5.54 Å². The molecule has 1 aromatic rings. The van der Waals surface area contributed by atoms with E-state index in [0.717, 1.165) is 5.92 Å². The fraction of sp³-hybridized carbons (Fsp3) is 0.571. The lowest BCUT2D eigenvalue weighted by atomic mass is 9.76. The number of hydrogen-bond donors (Lipinski definition) is 1. The molecule has 1 saturated heterocycles. The largest absolute Gasteiger partial charge is 0.307 e. The van der Waals surface area contributed by atoms with Crippen molar-refractivity contribution >= 4 is 0 Å². The summed E-state index contributed by atoms with van der Waals surface area (Å²) in [6.45, 7) is 3.52. The van der Waals surface area contributed by atoms with Gasteiger partial charge in [0.2, 0.25) is 0 Å². The average Bonchev–Trinajstić information content (AvgIpc) is 2.64. The molecule has 1 aliphatic carbocycles. The lowest BCUT2D eigenvalue weighted by Crippen LogP contribution is -2.49. The van der Waals surface area contributed by atoms with Gasteiger partial charge >= 0.3 is 0 Å². The quantitative estimate of drug-likeness (QED) is 0.736. The molecule has 2 atom stereocenters. The van der Waals surface area contributed by atoms with Crippen LogP contribution in [0.4, 0.5) is 0 Å². The van der Waals surface area contributed by atoms with Crippen LogP contribution in [0.25, 0.3) is 0 Å². The Morgan fingerprint density at radius 1 is 1.40 bits per heavy atom. The monoisotopic (exact) mass is 201 g/mol. The van der Waals surface area contributed by atoms with Crippen LogP contribution in [-0.4, -0.2) is 6.54 Å². The van der Waals surface area contributed by atoms with Crippen molar-refractivity contribution in [2.75, 3.05) is 6.54 Å². The van der Waals surface area contributed by atoms with Crippen molar-refractivity contribution in [2.45, 2.75) is 38.1 Å². The van der Waals surface area contributed by atoms with E-state index in [-0.39, 0.29) is 0 Å². The SMILES string of the molecule is CC[C@@]12NCCC[C@@H]1Cc1ccccc12. The van der Waals surface area contributed by atoms with Crippen molar-refractivity contribution in [3.05, 3.63) is 35.4 Å². The van der Waals surface area contributed by atoms with Crippen molar-refractivity contribution in [1.82, 2.24) is 5.32 Å². The van der Waals surface area contributed by atoms with Crippen molar-refractivity contribution in [2.24, 2.45) is 5.92 Å². The Balaban J connectivity index is 2.11. The van der Waals surface area contributed by atoms with Crippen LogP contribution in [0, 0.1) is 5.92 Å². The van der Waals surface area contributed by atoms with E-state index < -0.39 is 0 Å². The van der Waals surface area contributed by atoms with Crippen LogP contribution in [0.2, 0.25) is 0 Å². The number of hydrogen-bond acceptors (Lipinski definition) is 1. The molecular weight excluding hydrogens is 182 g/mol. The van der Waals surface area contributed by atoms with Crippen molar-refractivity contribution < 1.29 is 0 Å². The van der Waals surface area contributed by atoms with E-state index in [4.69, 9.17) is 0 Å². The Labute approximate surface area is 91.9 Å². The van der Waals surface area contributed by atoms with Gasteiger partial charge in [0.05, 0.1) is 0 Å². The van der Waals surface area contributed by atoms with Gasteiger partial charge in [0.25, 0.3) is 0 Å². The van der Waals surface area contributed by atoms with Crippen LogP contribution in [0.1, 0.15) is 37.3 Å². The number of benzene rings is 1. The van der Waals surface area contributed by atoms with E-state index in [9.17, 15) is 0 Å². The predicted octanol–water partition coefficient (Wildman–Crippen LogP) is 2.85. The summed E-state index contributed by atoms with van der Waals surface area (Å²) in [6.07, 6.45) is 5.27. The van der Waals surface area contributed by atoms with E-state index in [1.54, 1.807) is 11.1 Å². The zero-order valence-electron chi connectivity index (χ0n) is 9.42. The summed E-state index contributed by atoms with van der Waals surface area (Å²) in [6, 6.07) is 9.01. The number of piperidine rings is 1. The van der Waals surface area contributed by atoms with Crippen molar-refractivity contribution in [3.8, 4) is 0 Å². The minimum absolute atomic E-state index is 0.314. The Morgan fingerprint density at radius 3 is 3.13 bits per heavy atom. The number of fused-ring (bicyclic) bond motifs is 3. The predicted molar refractivity (Wildman–Crippen MR) is 62.8 cm³/mol. The fourth-order valence-corrected chi connectivity index (χ4v) is 3.65. The first-order valence-corrected chi connectivity index (χ1v) is 6.20. The second-order valence-corrected chi connectivity index (χ2v) is 4.95. The van der Waals surface area contributed by atoms with Crippen LogP contribution in [0.5, 0.6) is 0 Å².